The van der Waals surface area contributed by atoms with Gasteiger partial charge in [0.1, 0.15) is 24.0 Å². The van der Waals surface area contributed by atoms with Crippen molar-refractivity contribution in [2.45, 2.75) is 26.2 Å². The second kappa shape index (κ2) is 9.14. The molecule has 1 aliphatic heterocycles. The average Bonchev–Trinajstić information content (AvgIpc) is 3.20. The van der Waals surface area contributed by atoms with Crippen LogP contribution in [0, 0.1) is 18.3 Å². The number of aliphatic hydroxyl groups is 1. The summed E-state index contributed by atoms with van der Waals surface area (Å²) in [6.45, 7) is 3.03. The average molecular weight is 430 g/mol. The Labute approximate surface area is 185 Å². The van der Waals surface area contributed by atoms with Crippen molar-refractivity contribution in [3.8, 4) is 23.2 Å². The van der Waals surface area contributed by atoms with Crippen LogP contribution in [0.25, 0.3) is 11.4 Å². The summed E-state index contributed by atoms with van der Waals surface area (Å²) >= 11 is 0. The SMILES string of the molecule is COc1cc(-c2ccc(CNC[C@H](O)c3ccc4c(c3C)COC4=O)cn2)ncc1C#N. The van der Waals surface area contributed by atoms with E-state index in [1.54, 1.807) is 24.4 Å². The van der Waals surface area contributed by atoms with Crippen LogP contribution in [0.3, 0.4) is 0 Å². The molecule has 0 radical (unpaired) electrons. The predicted molar refractivity (Wildman–Crippen MR) is 116 cm³/mol. The molecular formula is C24H22N4O4. The number of hydrogen-bond donors (Lipinski definition) is 2. The summed E-state index contributed by atoms with van der Waals surface area (Å²) in [6.07, 6.45) is 2.50. The minimum absolute atomic E-state index is 0.256. The molecule has 0 aliphatic carbocycles. The number of aromatic nitrogens is 2. The molecule has 2 aromatic heterocycles. The van der Waals surface area contributed by atoms with Crippen LogP contribution >= 0.6 is 0 Å². The second-order valence-electron chi connectivity index (χ2n) is 7.46. The molecule has 8 heteroatoms. The van der Waals surface area contributed by atoms with E-state index in [4.69, 9.17) is 14.7 Å². The van der Waals surface area contributed by atoms with Gasteiger partial charge in [-0.05, 0) is 35.7 Å². The van der Waals surface area contributed by atoms with Crippen molar-refractivity contribution in [1.82, 2.24) is 15.3 Å². The fourth-order valence-electron chi connectivity index (χ4n) is 3.70. The summed E-state index contributed by atoms with van der Waals surface area (Å²) in [6, 6.07) is 11.0. The Balaban J connectivity index is 1.37. The molecule has 32 heavy (non-hydrogen) atoms. The summed E-state index contributed by atoms with van der Waals surface area (Å²) < 4.78 is 10.3. The number of cyclic esters (lactones) is 1. The number of benzene rings is 1. The maximum Gasteiger partial charge on any atom is 0.338 e. The van der Waals surface area contributed by atoms with E-state index in [9.17, 15) is 9.90 Å². The standard InChI is InChI=1S/C24H22N4O4/c1-14-17(4-5-18-19(14)13-32-24(18)30)22(29)12-26-9-15-3-6-20(27-10-15)21-7-23(31-2)16(8-25)11-28-21/h3-7,10-11,22,26,29H,9,12-13H2,1-2H3/t22-/m0/s1. The maximum atomic E-state index is 11.7. The van der Waals surface area contributed by atoms with Crippen molar-refractivity contribution >= 4 is 5.97 Å². The van der Waals surface area contributed by atoms with Crippen molar-refractivity contribution in [2.24, 2.45) is 0 Å². The van der Waals surface area contributed by atoms with E-state index >= 15 is 0 Å². The van der Waals surface area contributed by atoms with Gasteiger partial charge in [0.25, 0.3) is 0 Å². The molecule has 0 bridgehead atoms. The first-order valence-corrected chi connectivity index (χ1v) is 10.1. The molecule has 8 nitrogen and oxygen atoms in total. The third-order valence-electron chi connectivity index (χ3n) is 5.53. The van der Waals surface area contributed by atoms with Gasteiger partial charge in [-0.1, -0.05) is 12.1 Å². The number of ether oxygens (including phenoxy) is 2. The Morgan fingerprint density at radius 1 is 1.25 bits per heavy atom. The smallest absolute Gasteiger partial charge is 0.338 e. The van der Waals surface area contributed by atoms with Crippen molar-refractivity contribution in [2.75, 3.05) is 13.7 Å². The van der Waals surface area contributed by atoms with Gasteiger partial charge in [0.15, 0.2) is 0 Å². The minimum atomic E-state index is -0.710. The fraction of sp³-hybridized carbons (Fsp3) is 0.250. The normalized spacial score (nSPS) is 13.2. The van der Waals surface area contributed by atoms with Crippen molar-refractivity contribution in [1.29, 1.82) is 5.26 Å². The van der Waals surface area contributed by atoms with Gasteiger partial charge in [-0.2, -0.15) is 5.26 Å². The number of aliphatic hydroxyl groups excluding tert-OH is 1. The molecule has 1 aliphatic rings. The van der Waals surface area contributed by atoms with Gasteiger partial charge in [-0.3, -0.25) is 9.97 Å². The first-order chi connectivity index (χ1) is 15.5. The molecule has 0 saturated carbocycles. The van der Waals surface area contributed by atoms with Crippen LogP contribution in [-0.4, -0.2) is 34.7 Å². The van der Waals surface area contributed by atoms with Crippen molar-refractivity contribution in [3.63, 3.8) is 0 Å². The van der Waals surface area contributed by atoms with E-state index in [1.807, 2.05) is 25.1 Å². The minimum Gasteiger partial charge on any atom is -0.495 e. The van der Waals surface area contributed by atoms with Crippen LogP contribution in [0.2, 0.25) is 0 Å². The number of pyridine rings is 2. The monoisotopic (exact) mass is 430 g/mol. The first-order valence-electron chi connectivity index (χ1n) is 10.1. The highest BCUT2D eigenvalue weighted by Crippen LogP contribution is 2.29. The van der Waals surface area contributed by atoms with E-state index < -0.39 is 6.10 Å². The van der Waals surface area contributed by atoms with Crippen LogP contribution in [0.1, 0.15) is 44.3 Å². The number of nitrogens with one attached hydrogen (secondary N) is 1. The lowest BCUT2D eigenvalue weighted by Gasteiger charge is -2.16. The summed E-state index contributed by atoms with van der Waals surface area (Å²) in [5, 5.41) is 22.9. The van der Waals surface area contributed by atoms with Crippen LogP contribution in [0.4, 0.5) is 0 Å². The lowest BCUT2D eigenvalue weighted by Crippen LogP contribution is -2.22. The number of carbonyl (C=O) groups excluding carboxylic acids is 1. The van der Waals surface area contributed by atoms with Gasteiger partial charge in [0, 0.05) is 37.1 Å². The quantitative estimate of drug-likeness (QED) is 0.550. The molecule has 3 heterocycles. The lowest BCUT2D eigenvalue weighted by molar-refractivity contribution is 0.0535. The number of esters is 1. The van der Waals surface area contributed by atoms with Crippen LogP contribution < -0.4 is 10.1 Å². The Kier molecular flexibility index (Phi) is 6.12. The third kappa shape index (κ3) is 4.17. The molecule has 2 N–H and O–H groups in total. The first kappa shape index (κ1) is 21.4. The number of carbonyl (C=O) groups is 1. The molecule has 0 unspecified atom stereocenters. The van der Waals surface area contributed by atoms with Crippen LogP contribution in [0.15, 0.2) is 42.7 Å². The molecule has 162 valence electrons. The Hall–Kier alpha value is -3.80. The van der Waals surface area contributed by atoms with Crippen LogP contribution in [-0.2, 0) is 17.9 Å². The van der Waals surface area contributed by atoms with Crippen molar-refractivity contribution < 1.29 is 19.4 Å². The molecule has 0 saturated heterocycles. The highest BCUT2D eigenvalue weighted by atomic mass is 16.5. The number of nitriles is 1. The number of fused-ring (bicyclic) bond motifs is 1. The predicted octanol–water partition coefficient (Wildman–Crippen LogP) is 2.83. The zero-order valence-corrected chi connectivity index (χ0v) is 17.8. The van der Waals surface area contributed by atoms with E-state index in [0.29, 0.717) is 41.4 Å². The topological polar surface area (TPSA) is 117 Å². The molecule has 4 rings (SSSR count). The third-order valence-corrected chi connectivity index (χ3v) is 5.53. The highest BCUT2D eigenvalue weighted by molar-refractivity contribution is 5.93. The Morgan fingerprint density at radius 3 is 2.78 bits per heavy atom. The molecule has 1 aromatic carbocycles. The van der Waals surface area contributed by atoms with E-state index in [1.165, 1.54) is 13.3 Å². The zero-order valence-electron chi connectivity index (χ0n) is 17.8. The molecular weight excluding hydrogens is 408 g/mol. The highest BCUT2D eigenvalue weighted by Gasteiger charge is 2.25. The summed E-state index contributed by atoms with van der Waals surface area (Å²) in [5.41, 5.74) is 5.70. The second-order valence-corrected chi connectivity index (χ2v) is 7.46. The summed E-state index contributed by atoms with van der Waals surface area (Å²) in [5.74, 6) is 0.143. The molecule has 0 amide bonds. The number of methoxy groups -OCH3 is 1. The van der Waals surface area contributed by atoms with E-state index in [2.05, 4.69) is 15.3 Å². The van der Waals surface area contributed by atoms with Gasteiger partial charge in [-0.25, -0.2) is 4.79 Å². The molecule has 3 aromatic rings. The van der Waals surface area contributed by atoms with E-state index in [0.717, 1.165) is 22.3 Å². The Morgan fingerprint density at radius 2 is 2.06 bits per heavy atom. The lowest BCUT2D eigenvalue weighted by atomic mass is 9.95. The largest absolute Gasteiger partial charge is 0.495 e. The fourth-order valence-corrected chi connectivity index (χ4v) is 3.70. The number of hydrogen-bond acceptors (Lipinski definition) is 8. The van der Waals surface area contributed by atoms with Crippen molar-refractivity contribution in [3.05, 3.63) is 76.1 Å². The molecule has 0 spiro atoms. The van der Waals surface area contributed by atoms with E-state index in [-0.39, 0.29) is 12.6 Å². The summed E-state index contributed by atoms with van der Waals surface area (Å²) in [4.78, 5) is 20.4. The molecule has 0 fully saturated rings. The zero-order chi connectivity index (χ0) is 22.7. The Bertz CT molecular complexity index is 1200. The summed E-state index contributed by atoms with van der Waals surface area (Å²) in [7, 11) is 1.51. The molecule has 1 atom stereocenters. The van der Waals surface area contributed by atoms with Gasteiger partial charge >= 0.3 is 5.97 Å². The maximum absolute atomic E-state index is 11.7. The number of rotatable bonds is 7. The van der Waals surface area contributed by atoms with Gasteiger partial charge in [-0.15, -0.1) is 0 Å². The van der Waals surface area contributed by atoms with Gasteiger partial charge in [0.2, 0.25) is 0 Å². The van der Waals surface area contributed by atoms with Gasteiger partial charge in [0.05, 0.1) is 30.2 Å². The van der Waals surface area contributed by atoms with Gasteiger partial charge < -0.3 is 19.9 Å². The van der Waals surface area contributed by atoms with Crippen LogP contribution in [0.5, 0.6) is 5.75 Å². The number of nitrogens with zero attached hydrogens (tertiary/aromatic N) is 3.